The van der Waals surface area contributed by atoms with Gasteiger partial charge in [0, 0.05) is 13.0 Å². The number of carbonyl (C=O) groups is 3. The van der Waals surface area contributed by atoms with Gasteiger partial charge in [0.15, 0.2) is 0 Å². The molecule has 0 aromatic rings. The highest BCUT2D eigenvalue weighted by Gasteiger charge is 2.18. The largest absolute Gasteiger partial charge is 0.463 e. The van der Waals surface area contributed by atoms with Crippen molar-refractivity contribution >= 4 is 18.2 Å². The quantitative estimate of drug-likeness (QED) is 0.0516. The molecule has 0 radical (unpaired) electrons. The average Bonchev–Trinajstić information content (AvgIpc) is 2.91. The summed E-state index contributed by atoms with van der Waals surface area (Å²) in [6.45, 7) is 3.45. The number of ether oxygens (including phenoxy) is 3. The molecule has 0 bridgehead atoms. The van der Waals surface area contributed by atoms with E-state index in [-0.39, 0.29) is 19.2 Å². The fourth-order valence-corrected chi connectivity index (χ4v) is 4.41. The van der Waals surface area contributed by atoms with Crippen LogP contribution in [0.1, 0.15) is 122 Å². The summed E-state index contributed by atoms with van der Waals surface area (Å²) in [5.74, 6) is -0.349. The first-order chi connectivity index (χ1) is 19.2. The first-order valence-corrected chi connectivity index (χ1v) is 15.9. The van der Waals surface area contributed by atoms with E-state index in [1.807, 2.05) is 0 Å². The normalized spacial score (nSPS) is 12.0. The van der Waals surface area contributed by atoms with Crippen molar-refractivity contribution < 1.29 is 33.1 Å². The highest BCUT2D eigenvalue weighted by Crippen LogP contribution is 2.13. The molecule has 0 unspecified atom stereocenters. The van der Waals surface area contributed by atoms with Crippen LogP contribution in [0.25, 0.3) is 0 Å². The number of hydrogen-bond donors (Lipinski definition) is 2. The SMILES string of the molecule is CCCCCCCCCCCCCCCCCCNC(=O)OC[C@H](COC(=O)CCC[N+](C)(C)C)NC(=O)OC. The van der Waals surface area contributed by atoms with Gasteiger partial charge in [0.05, 0.1) is 41.2 Å². The second-order valence-electron chi connectivity index (χ2n) is 12.0. The Balaban J connectivity index is 3.79. The second-order valence-corrected chi connectivity index (χ2v) is 12.0. The van der Waals surface area contributed by atoms with Crippen molar-refractivity contribution in [3.8, 4) is 0 Å². The van der Waals surface area contributed by atoms with Crippen molar-refractivity contribution in [3.63, 3.8) is 0 Å². The molecule has 0 aliphatic carbocycles. The summed E-state index contributed by atoms with van der Waals surface area (Å²) in [6.07, 6.45) is 20.7. The van der Waals surface area contributed by atoms with Gasteiger partial charge < -0.3 is 29.3 Å². The Kier molecular flexibility index (Phi) is 24.6. The Morgan fingerprint density at radius 1 is 0.650 bits per heavy atom. The third-order valence-corrected chi connectivity index (χ3v) is 6.88. The number of nitrogens with zero attached hydrogens (tertiary/aromatic N) is 1. The summed E-state index contributed by atoms with van der Waals surface area (Å²) in [4.78, 5) is 35.7. The molecule has 0 spiro atoms. The van der Waals surface area contributed by atoms with Crippen LogP contribution in [0.4, 0.5) is 9.59 Å². The van der Waals surface area contributed by atoms with Gasteiger partial charge in [0.1, 0.15) is 19.3 Å². The molecule has 9 nitrogen and oxygen atoms in total. The van der Waals surface area contributed by atoms with E-state index in [1.165, 1.54) is 97.0 Å². The summed E-state index contributed by atoms with van der Waals surface area (Å²) in [5, 5.41) is 5.28. The van der Waals surface area contributed by atoms with Gasteiger partial charge in [0.2, 0.25) is 0 Å². The van der Waals surface area contributed by atoms with Crippen molar-refractivity contribution in [1.29, 1.82) is 0 Å². The minimum Gasteiger partial charge on any atom is -0.463 e. The monoisotopic (exact) mass is 572 g/mol. The lowest BCUT2D eigenvalue weighted by Gasteiger charge is -2.23. The van der Waals surface area contributed by atoms with Gasteiger partial charge in [-0.25, -0.2) is 9.59 Å². The number of unbranched alkanes of at least 4 members (excludes halogenated alkanes) is 15. The van der Waals surface area contributed by atoms with Gasteiger partial charge in [-0.3, -0.25) is 4.79 Å². The van der Waals surface area contributed by atoms with Crippen molar-refractivity contribution in [2.24, 2.45) is 0 Å². The summed E-state index contributed by atoms with van der Waals surface area (Å²) in [5.41, 5.74) is 0. The second kappa shape index (κ2) is 25.9. The number of nitrogens with one attached hydrogen (secondary N) is 2. The molecule has 236 valence electrons. The van der Waals surface area contributed by atoms with Gasteiger partial charge in [-0.15, -0.1) is 0 Å². The molecular weight excluding hydrogens is 510 g/mol. The summed E-state index contributed by atoms with van der Waals surface area (Å²) < 4.78 is 15.9. The first-order valence-electron chi connectivity index (χ1n) is 15.9. The van der Waals surface area contributed by atoms with Gasteiger partial charge in [-0.05, 0) is 6.42 Å². The Morgan fingerprint density at radius 2 is 1.12 bits per heavy atom. The van der Waals surface area contributed by atoms with Gasteiger partial charge in [-0.2, -0.15) is 0 Å². The van der Waals surface area contributed by atoms with E-state index in [4.69, 9.17) is 9.47 Å². The minimum atomic E-state index is -0.684. The fourth-order valence-electron chi connectivity index (χ4n) is 4.41. The Hall–Kier alpha value is -2.03. The van der Waals surface area contributed by atoms with Crippen molar-refractivity contribution in [3.05, 3.63) is 0 Å². The number of quaternary nitrogens is 1. The van der Waals surface area contributed by atoms with Crippen molar-refractivity contribution in [2.45, 2.75) is 129 Å². The predicted molar refractivity (Wildman–Crippen MR) is 161 cm³/mol. The number of methoxy groups -OCH3 is 1. The molecule has 0 saturated heterocycles. The van der Waals surface area contributed by atoms with E-state index in [9.17, 15) is 14.4 Å². The molecule has 0 aliphatic rings. The first kappa shape index (κ1) is 38.0. The zero-order valence-electron chi connectivity index (χ0n) is 26.5. The van der Waals surface area contributed by atoms with E-state index in [0.29, 0.717) is 19.4 Å². The molecule has 2 amide bonds. The van der Waals surface area contributed by atoms with Gasteiger partial charge in [-0.1, -0.05) is 103 Å². The lowest BCUT2D eigenvalue weighted by Crippen LogP contribution is -2.43. The number of alkyl carbamates (subject to hydrolysis) is 2. The smallest absolute Gasteiger partial charge is 0.407 e. The van der Waals surface area contributed by atoms with Crippen molar-refractivity contribution in [1.82, 2.24) is 10.6 Å². The summed E-state index contributed by atoms with van der Waals surface area (Å²) in [6, 6.07) is -0.684. The molecule has 2 N–H and O–H groups in total. The zero-order chi connectivity index (χ0) is 29.9. The van der Waals surface area contributed by atoms with E-state index < -0.39 is 18.2 Å². The van der Waals surface area contributed by atoms with Crippen LogP contribution >= 0.6 is 0 Å². The van der Waals surface area contributed by atoms with Crippen LogP contribution in [-0.4, -0.2) is 83.2 Å². The van der Waals surface area contributed by atoms with Crippen LogP contribution in [0.3, 0.4) is 0 Å². The van der Waals surface area contributed by atoms with Gasteiger partial charge >= 0.3 is 18.2 Å². The molecule has 9 heteroatoms. The molecule has 0 heterocycles. The highest BCUT2D eigenvalue weighted by molar-refractivity contribution is 5.70. The Bertz CT molecular complexity index is 639. The summed E-state index contributed by atoms with van der Waals surface area (Å²) >= 11 is 0. The topological polar surface area (TPSA) is 103 Å². The van der Waals surface area contributed by atoms with Crippen LogP contribution in [0.15, 0.2) is 0 Å². The Labute approximate surface area is 245 Å². The molecule has 1 atom stereocenters. The molecule has 40 heavy (non-hydrogen) atoms. The third-order valence-electron chi connectivity index (χ3n) is 6.88. The maximum Gasteiger partial charge on any atom is 0.407 e. The van der Waals surface area contributed by atoms with E-state index >= 15 is 0 Å². The van der Waals surface area contributed by atoms with Crippen molar-refractivity contribution in [2.75, 3.05) is 54.6 Å². The average molecular weight is 573 g/mol. The van der Waals surface area contributed by atoms with E-state index in [0.717, 1.165) is 23.9 Å². The van der Waals surface area contributed by atoms with Crippen LogP contribution < -0.4 is 10.6 Å². The fraction of sp³-hybridized carbons (Fsp3) is 0.903. The standard InChI is InChI=1S/C31H61N3O6/c1-6-7-8-9-10-11-12-13-14-15-16-17-18-19-20-21-24-32-30(36)40-27-28(33-31(37)38-5)26-39-29(35)23-22-25-34(2,3)4/h28H,6-27H2,1-5H3,(H-,32,33,36,37)/p+1/t28-/m0/s1. The third kappa shape index (κ3) is 27.5. The number of hydrogen-bond acceptors (Lipinski definition) is 6. The van der Waals surface area contributed by atoms with Gasteiger partial charge in [0.25, 0.3) is 0 Å². The van der Waals surface area contributed by atoms with Crippen LogP contribution in [-0.2, 0) is 19.0 Å². The molecule has 0 aromatic carbocycles. The highest BCUT2D eigenvalue weighted by atomic mass is 16.6. The minimum absolute atomic E-state index is 0.0925. The number of amides is 2. The number of rotatable bonds is 26. The van der Waals surface area contributed by atoms with E-state index in [1.54, 1.807) is 0 Å². The molecule has 0 aliphatic heterocycles. The molecule has 0 saturated carbocycles. The number of carbonyl (C=O) groups excluding carboxylic acids is 3. The van der Waals surface area contributed by atoms with Crippen LogP contribution in [0.2, 0.25) is 0 Å². The summed E-state index contributed by atoms with van der Waals surface area (Å²) in [7, 11) is 7.43. The maximum absolute atomic E-state index is 12.0. The predicted octanol–water partition coefficient (Wildman–Crippen LogP) is 6.73. The molecular formula is C31H62N3O6+. The molecule has 0 fully saturated rings. The van der Waals surface area contributed by atoms with Crippen LogP contribution in [0, 0.1) is 0 Å². The Morgan fingerprint density at radius 3 is 1.60 bits per heavy atom. The molecule has 0 aromatic heterocycles. The van der Waals surface area contributed by atoms with Crippen LogP contribution in [0.5, 0.6) is 0 Å². The zero-order valence-corrected chi connectivity index (χ0v) is 26.5. The lowest BCUT2D eigenvalue weighted by molar-refractivity contribution is -0.870. The number of esters is 1. The van der Waals surface area contributed by atoms with E-state index in [2.05, 4.69) is 43.4 Å². The maximum atomic E-state index is 12.0. The lowest BCUT2D eigenvalue weighted by atomic mass is 10.0. The molecule has 0 rings (SSSR count).